The molecular formula is C22H28N4O2. The number of aromatic nitrogens is 1. The van der Waals surface area contributed by atoms with Gasteiger partial charge < -0.3 is 14.9 Å². The molecular weight excluding hydrogens is 352 g/mol. The molecule has 1 amide bonds. The van der Waals surface area contributed by atoms with Gasteiger partial charge in [-0.15, -0.1) is 0 Å². The summed E-state index contributed by atoms with van der Waals surface area (Å²) in [5, 5.41) is 10.8. The molecule has 148 valence electrons. The first-order chi connectivity index (χ1) is 13.6. The van der Waals surface area contributed by atoms with E-state index in [-0.39, 0.29) is 5.91 Å². The van der Waals surface area contributed by atoms with Crippen molar-refractivity contribution in [3.8, 4) is 0 Å². The Morgan fingerprint density at radius 1 is 1.14 bits per heavy atom. The SMILES string of the molecule is CC(=O)N1CCCc2cc(C(O)CN3CCN(c4ccccn4)CC3)ccc21. The van der Waals surface area contributed by atoms with E-state index in [9.17, 15) is 9.90 Å². The number of pyridine rings is 1. The average molecular weight is 380 g/mol. The molecule has 28 heavy (non-hydrogen) atoms. The number of piperazine rings is 1. The lowest BCUT2D eigenvalue weighted by Crippen LogP contribution is -2.47. The maximum atomic E-state index is 11.8. The molecule has 1 aromatic carbocycles. The van der Waals surface area contributed by atoms with Gasteiger partial charge in [-0.2, -0.15) is 0 Å². The summed E-state index contributed by atoms with van der Waals surface area (Å²) >= 11 is 0. The van der Waals surface area contributed by atoms with Crippen molar-refractivity contribution in [1.82, 2.24) is 9.88 Å². The molecule has 1 aromatic heterocycles. The van der Waals surface area contributed by atoms with E-state index < -0.39 is 6.10 Å². The normalized spacial score (nSPS) is 18.6. The second-order valence-corrected chi connectivity index (χ2v) is 7.65. The Morgan fingerprint density at radius 2 is 1.96 bits per heavy atom. The summed E-state index contributed by atoms with van der Waals surface area (Å²) in [6.45, 7) is 6.69. The van der Waals surface area contributed by atoms with E-state index >= 15 is 0 Å². The lowest BCUT2D eigenvalue weighted by atomic mass is 9.97. The van der Waals surface area contributed by atoms with E-state index in [1.807, 2.05) is 41.4 Å². The van der Waals surface area contributed by atoms with Crippen LogP contribution in [0.3, 0.4) is 0 Å². The Labute approximate surface area is 166 Å². The molecule has 1 saturated heterocycles. The fraction of sp³-hybridized carbons (Fsp3) is 0.455. The molecule has 2 aromatic rings. The maximum absolute atomic E-state index is 11.8. The summed E-state index contributed by atoms with van der Waals surface area (Å²) in [7, 11) is 0. The summed E-state index contributed by atoms with van der Waals surface area (Å²) in [6, 6.07) is 12.0. The Kier molecular flexibility index (Phi) is 5.59. The van der Waals surface area contributed by atoms with Crippen molar-refractivity contribution in [1.29, 1.82) is 0 Å². The number of rotatable bonds is 4. The number of aliphatic hydroxyl groups is 1. The molecule has 6 heteroatoms. The van der Waals surface area contributed by atoms with Crippen LogP contribution in [0, 0.1) is 0 Å². The van der Waals surface area contributed by atoms with Gasteiger partial charge in [-0.05, 0) is 42.2 Å². The van der Waals surface area contributed by atoms with Gasteiger partial charge in [-0.3, -0.25) is 9.69 Å². The number of benzene rings is 1. The molecule has 1 fully saturated rings. The third-order valence-electron chi connectivity index (χ3n) is 5.76. The first-order valence-corrected chi connectivity index (χ1v) is 10.1. The van der Waals surface area contributed by atoms with Crippen LogP contribution < -0.4 is 9.80 Å². The van der Waals surface area contributed by atoms with Crippen molar-refractivity contribution in [2.45, 2.75) is 25.9 Å². The average Bonchev–Trinajstić information content (AvgIpc) is 2.74. The molecule has 2 aliphatic heterocycles. The number of fused-ring (bicyclic) bond motifs is 1. The van der Waals surface area contributed by atoms with Gasteiger partial charge in [0.2, 0.25) is 5.91 Å². The number of carbonyl (C=O) groups is 1. The highest BCUT2D eigenvalue weighted by atomic mass is 16.3. The predicted octanol–water partition coefficient (Wildman–Crippen LogP) is 2.24. The van der Waals surface area contributed by atoms with Crippen LogP contribution in [0.15, 0.2) is 42.6 Å². The van der Waals surface area contributed by atoms with Crippen LogP contribution in [-0.4, -0.2) is 60.2 Å². The summed E-state index contributed by atoms with van der Waals surface area (Å²) in [6.07, 6.45) is 3.25. The highest BCUT2D eigenvalue weighted by Gasteiger charge is 2.23. The van der Waals surface area contributed by atoms with Gasteiger partial charge in [0, 0.05) is 58.1 Å². The van der Waals surface area contributed by atoms with E-state index in [0.717, 1.165) is 68.2 Å². The maximum Gasteiger partial charge on any atom is 0.223 e. The molecule has 1 N–H and O–H groups in total. The minimum Gasteiger partial charge on any atom is -0.387 e. The number of carbonyl (C=O) groups excluding carboxylic acids is 1. The smallest absolute Gasteiger partial charge is 0.223 e. The minimum absolute atomic E-state index is 0.0834. The second-order valence-electron chi connectivity index (χ2n) is 7.65. The van der Waals surface area contributed by atoms with Crippen LogP contribution in [0.5, 0.6) is 0 Å². The van der Waals surface area contributed by atoms with Crippen LogP contribution in [0.25, 0.3) is 0 Å². The number of amides is 1. The number of hydrogen-bond donors (Lipinski definition) is 1. The van der Waals surface area contributed by atoms with Crippen LogP contribution in [-0.2, 0) is 11.2 Å². The van der Waals surface area contributed by atoms with E-state index in [4.69, 9.17) is 0 Å². The Bertz CT molecular complexity index is 819. The standard InChI is InChI=1S/C22H28N4O2/c1-17(27)26-10-4-5-18-15-19(7-8-20(18)26)21(28)16-24-11-13-25(14-12-24)22-6-2-3-9-23-22/h2-3,6-9,15,21,28H,4-5,10-14,16H2,1H3. The summed E-state index contributed by atoms with van der Waals surface area (Å²) in [5.41, 5.74) is 3.10. The molecule has 0 aliphatic carbocycles. The highest BCUT2D eigenvalue weighted by molar-refractivity contribution is 5.92. The number of anilines is 2. The summed E-state index contributed by atoms with van der Waals surface area (Å²) in [5.74, 6) is 1.10. The van der Waals surface area contributed by atoms with Crippen molar-refractivity contribution in [2.75, 3.05) is 49.1 Å². The third kappa shape index (κ3) is 4.03. The molecule has 6 nitrogen and oxygen atoms in total. The topological polar surface area (TPSA) is 59.9 Å². The molecule has 4 rings (SSSR count). The van der Waals surface area contributed by atoms with E-state index in [0.29, 0.717) is 6.54 Å². The van der Waals surface area contributed by atoms with Crippen molar-refractivity contribution in [3.63, 3.8) is 0 Å². The van der Waals surface area contributed by atoms with Gasteiger partial charge in [-0.25, -0.2) is 4.98 Å². The fourth-order valence-electron chi connectivity index (χ4n) is 4.20. The molecule has 3 heterocycles. The third-order valence-corrected chi connectivity index (χ3v) is 5.76. The van der Waals surface area contributed by atoms with Crippen molar-refractivity contribution >= 4 is 17.4 Å². The first kappa shape index (κ1) is 18.9. The Balaban J connectivity index is 1.37. The van der Waals surface area contributed by atoms with Crippen LogP contribution in [0.1, 0.15) is 30.6 Å². The van der Waals surface area contributed by atoms with E-state index in [1.165, 1.54) is 0 Å². The van der Waals surface area contributed by atoms with Gasteiger partial charge in [0.15, 0.2) is 0 Å². The lowest BCUT2D eigenvalue weighted by molar-refractivity contribution is -0.116. The minimum atomic E-state index is -0.514. The summed E-state index contributed by atoms with van der Waals surface area (Å²) in [4.78, 5) is 22.7. The zero-order valence-electron chi connectivity index (χ0n) is 16.4. The van der Waals surface area contributed by atoms with Gasteiger partial charge in [0.05, 0.1) is 6.10 Å². The van der Waals surface area contributed by atoms with E-state index in [2.05, 4.69) is 20.9 Å². The second kappa shape index (κ2) is 8.29. The predicted molar refractivity (Wildman–Crippen MR) is 111 cm³/mol. The van der Waals surface area contributed by atoms with Crippen LogP contribution in [0.4, 0.5) is 11.5 Å². The lowest BCUT2D eigenvalue weighted by Gasteiger charge is -2.36. The number of β-amino-alcohol motifs (C(OH)–C–C–N with tert-alkyl or cyclic N) is 1. The van der Waals surface area contributed by atoms with Gasteiger partial charge >= 0.3 is 0 Å². The molecule has 0 saturated carbocycles. The van der Waals surface area contributed by atoms with Crippen molar-refractivity contribution in [2.24, 2.45) is 0 Å². The molecule has 0 spiro atoms. The van der Waals surface area contributed by atoms with E-state index in [1.54, 1.807) is 6.92 Å². The number of aryl methyl sites for hydroxylation is 1. The Morgan fingerprint density at radius 3 is 2.68 bits per heavy atom. The van der Waals surface area contributed by atoms with Gasteiger partial charge in [-0.1, -0.05) is 18.2 Å². The molecule has 2 aliphatic rings. The largest absolute Gasteiger partial charge is 0.387 e. The number of hydrogen-bond acceptors (Lipinski definition) is 5. The molecule has 0 bridgehead atoms. The zero-order chi connectivity index (χ0) is 19.5. The monoisotopic (exact) mass is 380 g/mol. The van der Waals surface area contributed by atoms with Gasteiger partial charge in [0.1, 0.15) is 5.82 Å². The number of aliphatic hydroxyl groups excluding tert-OH is 1. The van der Waals surface area contributed by atoms with Crippen LogP contribution in [0.2, 0.25) is 0 Å². The van der Waals surface area contributed by atoms with Gasteiger partial charge in [0.25, 0.3) is 0 Å². The molecule has 1 atom stereocenters. The fourth-order valence-corrected chi connectivity index (χ4v) is 4.20. The first-order valence-electron chi connectivity index (χ1n) is 10.1. The van der Waals surface area contributed by atoms with Crippen LogP contribution >= 0.6 is 0 Å². The highest BCUT2D eigenvalue weighted by Crippen LogP contribution is 2.30. The zero-order valence-corrected chi connectivity index (χ0v) is 16.4. The molecule has 0 radical (unpaired) electrons. The van der Waals surface area contributed by atoms with Crippen molar-refractivity contribution < 1.29 is 9.90 Å². The molecule has 1 unspecified atom stereocenters. The Hall–Kier alpha value is -2.44. The number of nitrogens with zero attached hydrogens (tertiary/aromatic N) is 4. The van der Waals surface area contributed by atoms with Crippen molar-refractivity contribution in [3.05, 3.63) is 53.7 Å². The summed E-state index contributed by atoms with van der Waals surface area (Å²) < 4.78 is 0. The quantitative estimate of drug-likeness (QED) is 0.882.